The molecule has 11 aromatic rings. The lowest BCUT2D eigenvalue weighted by atomic mass is 9.82. The van der Waals surface area contributed by atoms with Crippen LogP contribution in [0, 0.1) is 0 Å². The topological polar surface area (TPSA) is 53.5 Å². The van der Waals surface area contributed by atoms with Gasteiger partial charge in [-0.05, 0) is 64.7 Å². The normalized spacial score (nSPS) is 13.5. The summed E-state index contributed by atoms with van der Waals surface area (Å²) in [6, 6.07) is 56.3. The van der Waals surface area contributed by atoms with Crippen LogP contribution < -0.4 is 0 Å². The molecule has 6 nitrogen and oxygen atoms in total. The second-order valence-electron chi connectivity index (χ2n) is 14.9. The smallest absolute Gasteiger partial charge is 0.241 e. The molecule has 0 aliphatic heterocycles. The highest BCUT2D eigenvalue weighted by Crippen LogP contribution is 2.51. The van der Waals surface area contributed by atoms with E-state index < -0.39 is 0 Å². The first-order valence-corrected chi connectivity index (χ1v) is 18.5. The molecule has 7 aromatic carbocycles. The van der Waals surface area contributed by atoms with Gasteiger partial charge < -0.3 is 0 Å². The number of benzene rings is 7. The van der Waals surface area contributed by atoms with E-state index >= 15 is 0 Å². The van der Waals surface area contributed by atoms with Gasteiger partial charge in [0.2, 0.25) is 17.8 Å². The summed E-state index contributed by atoms with van der Waals surface area (Å²) in [5.74, 6) is 1.69. The zero-order valence-corrected chi connectivity index (χ0v) is 29.7. The summed E-state index contributed by atoms with van der Waals surface area (Å²) in [5, 5.41) is 6.97. The minimum Gasteiger partial charge on any atom is -0.278 e. The van der Waals surface area contributed by atoms with E-state index in [1.165, 1.54) is 33.0 Å². The van der Waals surface area contributed by atoms with Gasteiger partial charge in [0.1, 0.15) is 0 Å². The van der Waals surface area contributed by atoms with Crippen molar-refractivity contribution < 1.29 is 0 Å². The summed E-state index contributed by atoms with van der Waals surface area (Å²) in [6.07, 6.45) is 0. The molecule has 1 aliphatic carbocycles. The maximum atomic E-state index is 5.45. The fraction of sp³-hybridized carbons (Fsp3) is 0.0625. The molecule has 0 amide bonds. The van der Waals surface area contributed by atoms with Gasteiger partial charge in [0.05, 0.1) is 33.1 Å². The molecule has 0 bridgehead atoms. The quantitative estimate of drug-likeness (QED) is 0.185. The lowest BCUT2D eigenvalue weighted by Gasteiger charge is -2.21. The maximum Gasteiger partial charge on any atom is 0.241 e. The summed E-state index contributed by atoms with van der Waals surface area (Å²) in [5.41, 5.74) is 11.4. The lowest BCUT2D eigenvalue weighted by molar-refractivity contribution is 0.661. The molecule has 0 radical (unpaired) electrons. The number of fused-ring (bicyclic) bond motifs is 12. The third kappa shape index (κ3) is 3.81. The molecule has 12 rings (SSSR count). The molecule has 0 saturated heterocycles. The van der Waals surface area contributed by atoms with Gasteiger partial charge in [-0.2, -0.15) is 15.0 Å². The highest BCUT2D eigenvalue weighted by Gasteiger charge is 2.36. The zero-order valence-electron chi connectivity index (χ0n) is 29.7. The van der Waals surface area contributed by atoms with Crippen molar-refractivity contribution in [3.05, 3.63) is 169 Å². The molecule has 0 spiro atoms. The fourth-order valence-corrected chi connectivity index (χ4v) is 9.30. The summed E-state index contributed by atoms with van der Waals surface area (Å²) in [6.45, 7) is 4.68. The van der Waals surface area contributed by atoms with E-state index in [1.807, 2.05) is 0 Å². The van der Waals surface area contributed by atoms with Crippen LogP contribution in [0.5, 0.6) is 0 Å². The van der Waals surface area contributed by atoms with Gasteiger partial charge in [-0.25, -0.2) is 0 Å². The molecule has 6 heteroatoms. The molecule has 254 valence electrons. The first kappa shape index (κ1) is 29.5. The van der Waals surface area contributed by atoms with E-state index in [0.29, 0.717) is 17.8 Å². The molecule has 0 atom stereocenters. The Morgan fingerprint density at radius 2 is 0.685 bits per heavy atom. The van der Waals surface area contributed by atoms with E-state index in [2.05, 4.69) is 185 Å². The standard InChI is InChI=1S/C48H32N6/c1-48(2)37-21-9-3-15-29(37)35-28-44-36(27-38(35)48)34-20-8-14-26-43(34)54(44)47-50-45(52-39-22-10-4-16-30(39)31-17-5-11-23-40(31)52)49-46(51-47)53-41-24-12-6-18-32(41)33-19-7-13-25-42(33)53/h3-28H,1-2H3. The van der Waals surface area contributed by atoms with Crippen LogP contribution in [0.4, 0.5) is 0 Å². The SMILES string of the molecule is CC1(C)c2ccccc2-c2cc3c(cc21)c1ccccc1n3-c1nc(-n2c3ccccc3c3ccccc32)nc(-n2c3ccccc3c3ccccc32)n1. The second kappa shape index (κ2) is 10.5. The van der Waals surface area contributed by atoms with Gasteiger partial charge >= 0.3 is 0 Å². The maximum absolute atomic E-state index is 5.45. The Balaban J connectivity index is 1.24. The molecule has 0 N–H and O–H groups in total. The molecule has 0 saturated carbocycles. The van der Waals surface area contributed by atoms with Crippen molar-refractivity contribution in [3.63, 3.8) is 0 Å². The largest absolute Gasteiger partial charge is 0.278 e. The van der Waals surface area contributed by atoms with Gasteiger partial charge in [-0.3, -0.25) is 13.7 Å². The predicted octanol–water partition coefficient (Wildman–Crippen LogP) is 11.5. The monoisotopic (exact) mass is 692 g/mol. The highest BCUT2D eigenvalue weighted by atomic mass is 15.3. The molecule has 54 heavy (non-hydrogen) atoms. The zero-order chi connectivity index (χ0) is 35.7. The van der Waals surface area contributed by atoms with Gasteiger partial charge in [-0.1, -0.05) is 129 Å². The fourth-order valence-electron chi connectivity index (χ4n) is 9.30. The van der Waals surface area contributed by atoms with Crippen LogP contribution in [-0.2, 0) is 5.41 Å². The first-order chi connectivity index (χ1) is 26.6. The number of hydrogen-bond donors (Lipinski definition) is 0. The van der Waals surface area contributed by atoms with E-state index in [4.69, 9.17) is 15.0 Å². The predicted molar refractivity (Wildman–Crippen MR) is 220 cm³/mol. The molecule has 4 heterocycles. The van der Waals surface area contributed by atoms with E-state index in [-0.39, 0.29) is 5.41 Å². The summed E-state index contributed by atoms with van der Waals surface area (Å²) in [7, 11) is 0. The molecular formula is C48H32N6. The summed E-state index contributed by atoms with van der Waals surface area (Å²) in [4.78, 5) is 16.3. The van der Waals surface area contributed by atoms with Gasteiger partial charge in [-0.15, -0.1) is 0 Å². The van der Waals surface area contributed by atoms with E-state index in [1.54, 1.807) is 0 Å². The third-order valence-corrected chi connectivity index (χ3v) is 11.7. The second-order valence-corrected chi connectivity index (χ2v) is 14.9. The summed E-state index contributed by atoms with van der Waals surface area (Å²) >= 11 is 0. The number of nitrogens with zero attached hydrogens (tertiary/aromatic N) is 6. The minimum atomic E-state index is -0.121. The van der Waals surface area contributed by atoms with Crippen molar-refractivity contribution in [2.45, 2.75) is 19.3 Å². The Kier molecular flexibility index (Phi) is 5.75. The van der Waals surface area contributed by atoms with Crippen LogP contribution in [0.2, 0.25) is 0 Å². The van der Waals surface area contributed by atoms with Crippen LogP contribution >= 0.6 is 0 Å². The van der Waals surface area contributed by atoms with Crippen molar-refractivity contribution in [1.29, 1.82) is 0 Å². The van der Waals surface area contributed by atoms with Crippen molar-refractivity contribution in [3.8, 4) is 29.0 Å². The van der Waals surface area contributed by atoms with Gasteiger partial charge in [0.15, 0.2) is 0 Å². The van der Waals surface area contributed by atoms with Crippen molar-refractivity contribution in [2.75, 3.05) is 0 Å². The van der Waals surface area contributed by atoms with Crippen LogP contribution in [0.15, 0.2) is 158 Å². The molecule has 0 unspecified atom stereocenters. The number of hydrogen-bond acceptors (Lipinski definition) is 3. The molecule has 0 fully saturated rings. The van der Waals surface area contributed by atoms with Crippen molar-refractivity contribution >= 4 is 65.4 Å². The minimum absolute atomic E-state index is 0.121. The van der Waals surface area contributed by atoms with Gasteiger partial charge in [0, 0.05) is 37.7 Å². The lowest BCUT2D eigenvalue weighted by Crippen LogP contribution is -2.15. The molecular weight excluding hydrogens is 661 g/mol. The Bertz CT molecular complexity index is 3140. The van der Waals surface area contributed by atoms with Gasteiger partial charge in [0.25, 0.3) is 0 Å². The summed E-state index contributed by atoms with van der Waals surface area (Å²) < 4.78 is 6.63. The Morgan fingerprint density at radius 1 is 0.333 bits per heavy atom. The average molecular weight is 693 g/mol. The van der Waals surface area contributed by atoms with E-state index in [0.717, 1.165) is 54.6 Å². The number of aromatic nitrogens is 6. The number of para-hydroxylation sites is 5. The molecule has 1 aliphatic rings. The van der Waals surface area contributed by atoms with Crippen molar-refractivity contribution in [2.24, 2.45) is 0 Å². The molecule has 4 aromatic heterocycles. The van der Waals surface area contributed by atoms with E-state index in [9.17, 15) is 0 Å². The Morgan fingerprint density at radius 3 is 1.13 bits per heavy atom. The Labute approximate surface area is 310 Å². The highest BCUT2D eigenvalue weighted by molar-refractivity contribution is 6.12. The number of rotatable bonds is 3. The van der Waals surface area contributed by atoms with Crippen LogP contribution in [-0.4, -0.2) is 28.7 Å². The first-order valence-electron chi connectivity index (χ1n) is 18.5. The third-order valence-electron chi connectivity index (χ3n) is 11.7. The average Bonchev–Trinajstić information content (AvgIpc) is 3.91. The Hall–Kier alpha value is -7.05. The van der Waals surface area contributed by atoms with Crippen molar-refractivity contribution in [1.82, 2.24) is 28.7 Å². The van der Waals surface area contributed by atoms with Crippen LogP contribution in [0.1, 0.15) is 25.0 Å². The van der Waals surface area contributed by atoms with Crippen LogP contribution in [0.3, 0.4) is 0 Å². The van der Waals surface area contributed by atoms with Crippen LogP contribution in [0.25, 0.3) is 94.4 Å².